The van der Waals surface area contributed by atoms with E-state index in [0.717, 1.165) is 149 Å². The number of piperidine rings is 5. The Kier molecular flexibility index (Phi) is 29.1. The minimum Gasteiger partial charge on any atom is -0.298 e. The van der Waals surface area contributed by atoms with Gasteiger partial charge in [0.1, 0.15) is 0 Å². The third-order valence-electron chi connectivity index (χ3n) is 21.6. The van der Waals surface area contributed by atoms with Crippen LogP contribution in [-0.2, 0) is 0 Å². The van der Waals surface area contributed by atoms with Crippen molar-refractivity contribution in [2.45, 2.75) is 368 Å². The van der Waals surface area contributed by atoms with Crippen LogP contribution in [0.15, 0.2) is 0 Å². The fourth-order valence-corrected chi connectivity index (χ4v) is 17.9. The lowest BCUT2D eigenvalue weighted by Crippen LogP contribution is -2.59. The highest BCUT2D eigenvalue weighted by Crippen LogP contribution is 2.56. The molecule has 11 aliphatic rings. The molecule has 4 bridgehead atoms. The van der Waals surface area contributed by atoms with Gasteiger partial charge < -0.3 is 0 Å². The van der Waals surface area contributed by atoms with E-state index in [0.29, 0.717) is 0 Å². The Morgan fingerprint density at radius 2 is 0.753 bits per heavy atom. The number of fused-ring (bicyclic) bond motifs is 6. The average molecular weight is 1080 g/mol. The lowest BCUT2D eigenvalue weighted by atomic mass is 9.70. The molecule has 0 aromatic heterocycles. The Morgan fingerprint density at radius 3 is 1.12 bits per heavy atom. The van der Waals surface area contributed by atoms with Gasteiger partial charge in [0.25, 0.3) is 0 Å². The second-order valence-corrected chi connectivity index (χ2v) is 31.2. The van der Waals surface area contributed by atoms with Crippen molar-refractivity contribution in [2.24, 2.45) is 64.6 Å². The third kappa shape index (κ3) is 18.6. The molecule has 6 nitrogen and oxygen atoms in total. The molecule has 10 atom stereocenters. The first-order chi connectivity index (χ1) is 35.1. The minimum atomic E-state index is 0. The molecule has 0 aromatic carbocycles. The van der Waals surface area contributed by atoms with E-state index in [1.54, 1.807) is 0 Å². The molecule has 0 amide bonds. The normalized spacial score (nSPS) is 33.7. The lowest BCUT2D eigenvalue weighted by molar-refractivity contribution is -0.0536. The van der Waals surface area contributed by atoms with Gasteiger partial charge in [-0.3, -0.25) is 29.4 Å². The van der Waals surface area contributed by atoms with E-state index in [-0.39, 0.29) is 14.9 Å². The summed E-state index contributed by atoms with van der Waals surface area (Å²) >= 11 is 0. The number of hydrogen-bond acceptors (Lipinski definition) is 6. The van der Waals surface area contributed by atoms with E-state index >= 15 is 0 Å². The molecule has 77 heavy (non-hydrogen) atoms. The third-order valence-corrected chi connectivity index (χ3v) is 21.6. The van der Waals surface area contributed by atoms with Crippen LogP contribution in [0.4, 0.5) is 0 Å². The quantitative estimate of drug-likeness (QED) is 0.193. The first-order valence-corrected chi connectivity index (χ1v) is 33.7. The van der Waals surface area contributed by atoms with Gasteiger partial charge >= 0.3 is 0 Å². The highest BCUT2D eigenvalue weighted by atomic mass is 15.3. The van der Waals surface area contributed by atoms with Crippen LogP contribution < -0.4 is 0 Å². The highest BCUT2D eigenvalue weighted by Gasteiger charge is 2.54. The summed E-state index contributed by atoms with van der Waals surface area (Å²) < 4.78 is 0. The maximum Gasteiger partial charge on any atom is 0.0153 e. The Balaban J connectivity index is 0.000000242. The van der Waals surface area contributed by atoms with E-state index in [1.165, 1.54) is 129 Å². The van der Waals surface area contributed by atoms with E-state index in [2.05, 4.69) is 196 Å². The van der Waals surface area contributed by atoms with E-state index in [1.807, 2.05) is 0 Å². The van der Waals surface area contributed by atoms with Crippen LogP contribution in [0.25, 0.3) is 0 Å². The summed E-state index contributed by atoms with van der Waals surface area (Å²) in [6.07, 6.45) is 23.4. The van der Waals surface area contributed by atoms with Crippen molar-refractivity contribution < 1.29 is 0 Å². The molecular formula is C71H144N6. The highest BCUT2D eigenvalue weighted by molar-refractivity contribution is 5.07. The molecule has 11 rings (SSSR count). The zero-order valence-electron chi connectivity index (χ0n) is 55.2. The fourth-order valence-electron chi connectivity index (χ4n) is 17.9. The molecule has 4 saturated carbocycles. The molecule has 458 valence electrons. The van der Waals surface area contributed by atoms with Gasteiger partial charge in [0.2, 0.25) is 0 Å². The maximum absolute atomic E-state index is 2.82. The summed E-state index contributed by atoms with van der Waals surface area (Å²) in [5.74, 6) is 9.19. The predicted octanol–water partition coefficient (Wildman–Crippen LogP) is 18.2. The van der Waals surface area contributed by atoms with Crippen molar-refractivity contribution in [3.8, 4) is 0 Å². The summed E-state index contributed by atoms with van der Waals surface area (Å²) in [5, 5.41) is 0. The van der Waals surface area contributed by atoms with Gasteiger partial charge in [-0.2, -0.15) is 0 Å². The molecular weight excluding hydrogens is 937 g/mol. The van der Waals surface area contributed by atoms with E-state index in [9.17, 15) is 0 Å². The minimum absolute atomic E-state index is 0. The summed E-state index contributed by atoms with van der Waals surface area (Å²) in [4.78, 5) is 16.4. The van der Waals surface area contributed by atoms with Crippen molar-refractivity contribution in [2.75, 3.05) is 26.2 Å². The van der Waals surface area contributed by atoms with Crippen molar-refractivity contribution in [3.05, 3.63) is 0 Å². The monoisotopic (exact) mass is 1080 g/mol. The Labute approximate surface area is 486 Å². The molecule has 0 N–H and O–H groups in total. The number of rotatable bonds is 12. The number of nitrogens with zero attached hydrogens (tertiary/aromatic N) is 6. The number of hydrogen-bond donors (Lipinski definition) is 0. The SMILES string of the molecule is C.C.CC(C)C1C2CC2CN1C(C)C.CC(C)C1C2CCC(C2)N1C(C)C.CC(C)C1C2CCC(CC2)N1C(C)C.CC(C)C1CC2(CC2)CN1C(C)C.CC(C)C1CCCCN1C(C)C.CC(C)C1CCCN1C(C)C. The molecule has 1 spiro atoms. The van der Waals surface area contributed by atoms with Gasteiger partial charge in [-0.15, -0.1) is 0 Å². The standard InChI is InChI=1S/C13H25N.2C12H23N.C11H21N.C11H23N.C10H21N.2CH4/c1-9(2)13-11-5-7-12(8-6-11)14(13)10(3)4;1-9(2)11-7-12(5-6-12)8-13(11)10(3)4;1-8(2)12-10-5-6-11(7-10)13(12)9(3)4;1-7(2)11-10-5-9(10)6-12(11)8(3)4;1-9(2)11-7-5-6-8-12(11)10(3)4;1-8(2)10-6-5-7-11(10)9(3)4;;/h9-13H,5-8H2,1-4H3;9-11H,5-8H2,1-4H3;8-12H,5-7H2,1-4H3;7-11H,5-6H2,1-4H3;9-11H,5-8H2,1-4H3;8-10H,5-7H2,1-4H3;2*1H4. The summed E-state index contributed by atoms with van der Waals surface area (Å²) in [7, 11) is 0. The first kappa shape index (κ1) is 71.0. The molecule has 7 aliphatic heterocycles. The average Bonchev–Trinajstić information content (AvgIpc) is 3.81. The molecule has 0 aromatic rings. The molecule has 10 unspecified atom stereocenters. The van der Waals surface area contributed by atoms with Gasteiger partial charge in [0, 0.05) is 97.7 Å². The predicted molar refractivity (Wildman–Crippen MR) is 344 cm³/mol. The van der Waals surface area contributed by atoms with Crippen LogP contribution in [-0.4, -0.2) is 140 Å². The van der Waals surface area contributed by atoms with Gasteiger partial charge in [0.05, 0.1) is 0 Å². The second kappa shape index (κ2) is 31.6. The van der Waals surface area contributed by atoms with Crippen molar-refractivity contribution in [1.29, 1.82) is 0 Å². The van der Waals surface area contributed by atoms with Gasteiger partial charge in [-0.1, -0.05) is 104 Å². The van der Waals surface area contributed by atoms with Gasteiger partial charge in [0.15, 0.2) is 0 Å². The topological polar surface area (TPSA) is 19.4 Å². The van der Waals surface area contributed by atoms with Crippen LogP contribution in [0.5, 0.6) is 0 Å². The van der Waals surface area contributed by atoms with Crippen molar-refractivity contribution in [3.63, 3.8) is 0 Å². The van der Waals surface area contributed by atoms with Crippen LogP contribution in [0.1, 0.15) is 284 Å². The summed E-state index contributed by atoms with van der Waals surface area (Å²) in [5.41, 5.74) is 0.777. The molecule has 6 heteroatoms. The Hall–Kier alpha value is -0.240. The molecule has 7 heterocycles. The van der Waals surface area contributed by atoms with Crippen LogP contribution in [0.3, 0.4) is 0 Å². The molecule has 7 saturated heterocycles. The Bertz CT molecular complexity index is 1490. The van der Waals surface area contributed by atoms with Crippen molar-refractivity contribution >= 4 is 0 Å². The van der Waals surface area contributed by atoms with Crippen LogP contribution in [0.2, 0.25) is 0 Å². The number of likely N-dealkylation sites (tertiary alicyclic amines) is 5. The fraction of sp³-hybridized carbons (Fsp3) is 1.00. The van der Waals surface area contributed by atoms with E-state index < -0.39 is 0 Å². The Morgan fingerprint density at radius 1 is 0.338 bits per heavy atom. The summed E-state index contributed by atoms with van der Waals surface area (Å²) in [6.45, 7) is 61.9. The van der Waals surface area contributed by atoms with Crippen LogP contribution in [0, 0.1) is 64.6 Å². The molecule has 4 aliphatic carbocycles. The van der Waals surface area contributed by atoms with Gasteiger partial charge in [-0.25, -0.2) is 0 Å². The maximum atomic E-state index is 2.82. The smallest absolute Gasteiger partial charge is 0.0153 e. The zero-order chi connectivity index (χ0) is 56.0. The summed E-state index contributed by atoms with van der Waals surface area (Å²) in [6, 6.07) is 11.5. The van der Waals surface area contributed by atoms with Gasteiger partial charge in [-0.05, 0) is 257 Å². The second-order valence-electron chi connectivity index (χ2n) is 31.2. The zero-order valence-corrected chi connectivity index (χ0v) is 55.2. The van der Waals surface area contributed by atoms with Crippen molar-refractivity contribution in [1.82, 2.24) is 29.4 Å². The molecule has 0 radical (unpaired) electrons. The lowest BCUT2D eigenvalue weighted by Gasteiger charge is -2.55. The van der Waals surface area contributed by atoms with E-state index in [4.69, 9.17) is 0 Å². The largest absolute Gasteiger partial charge is 0.298 e. The van der Waals surface area contributed by atoms with Crippen LogP contribution >= 0.6 is 0 Å². The first-order valence-electron chi connectivity index (χ1n) is 33.7. The molecule has 11 fully saturated rings.